The first-order valence-corrected chi connectivity index (χ1v) is 8.88. The van der Waals surface area contributed by atoms with E-state index in [9.17, 15) is 0 Å². The number of hydrogen-bond acceptors (Lipinski definition) is 5. The minimum absolute atomic E-state index is 0.862. The third-order valence-corrected chi connectivity index (χ3v) is 4.84. The second kappa shape index (κ2) is 7.58. The molecule has 4 rings (SSSR count). The van der Waals surface area contributed by atoms with Crippen LogP contribution in [-0.4, -0.2) is 53.4 Å². The number of piperazine rings is 1. The molecule has 26 heavy (non-hydrogen) atoms. The molecular formula is C20H23N5O. The van der Waals surface area contributed by atoms with Gasteiger partial charge in [0.1, 0.15) is 11.6 Å². The highest BCUT2D eigenvalue weighted by Gasteiger charge is 2.19. The number of hydrogen-bond donors (Lipinski definition) is 1. The highest BCUT2D eigenvalue weighted by molar-refractivity contribution is 5.63. The molecule has 0 amide bonds. The Morgan fingerprint density at radius 1 is 1.04 bits per heavy atom. The maximum atomic E-state index is 5.24. The summed E-state index contributed by atoms with van der Waals surface area (Å²) in [5, 5.41) is 7.41. The van der Waals surface area contributed by atoms with Crippen molar-refractivity contribution in [3.8, 4) is 17.0 Å². The Morgan fingerprint density at radius 2 is 1.85 bits per heavy atom. The number of ether oxygens (including phenoxy) is 1. The van der Waals surface area contributed by atoms with E-state index in [1.807, 2.05) is 36.7 Å². The van der Waals surface area contributed by atoms with Gasteiger partial charge in [-0.05, 0) is 36.4 Å². The zero-order chi connectivity index (χ0) is 17.8. The molecule has 2 aromatic heterocycles. The predicted octanol–water partition coefficient (Wildman–Crippen LogP) is 2.80. The normalized spacial score (nSPS) is 15.2. The van der Waals surface area contributed by atoms with Crippen molar-refractivity contribution in [2.24, 2.45) is 0 Å². The third kappa shape index (κ3) is 3.55. The van der Waals surface area contributed by atoms with Gasteiger partial charge in [0.2, 0.25) is 0 Å². The van der Waals surface area contributed by atoms with Crippen LogP contribution in [0, 0.1) is 0 Å². The smallest absolute Gasteiger partial charge is 0.128 e. The minimum Gasteiger partial charge on any atom is -0.497 e. The molecule has 1 aliphatic heterocycles. The van der Waals surface area contributed by atoms with Crippen molar-refractivity contribution in [1.82, 2.24) is 20.1 Å². The molecular weight excluding hydrogens is 326 g/mol. The molecule has 1 saturated heterocycles. The standard InChI is InChI=1S/C20H23N5O/c1-26-18-7-5-16(6-8-18)20-17(14-22-23-20)15-24-10-12-25(13-11-24)19-4-2-3-9-21-19/h2-9,14H,10-13,15H2,1H3,(H,22,23). The highest BCUT2D eigenvalue weighted by Crippen LogP contribution is 2.25. The lowest BCUT2D eigenvalue weighted by Gasteiger charge is -2.35. The van der Waals surface area contributed by atoms with Crippen LogP contribution in [0.4, 0.5) is 5.82 Å². The summed E-state index contributed by atoms with van der Waals surface area (Å²) in [6, 6.07) is 14.2. The number of anilines is 1. The molecule has 1 aromatic carbocycles. The van der Waals surface area contributed by atoms with E-state index in [0.29, 0.717) is 0 Å². The summed E-state index contributed by atoms with van der Waals surface area (Å²) in [5.41, 5.74) is 3.44. The van der Waals surface area contributed by atoms with E-state index in [1.165, 1.54) is 5.56 Å². The fourth-order valence-electron chi connectivity index (χ4n) is 3.36. The van der Waals surface area contributed by atoms with Crippen LogP contribution >= 0.6 is 0 Å². The molecule has 0 aliphatic carbocycles. The summed E-state index contributed by atoms with van der Waals surface area (Å²) in [6.07, 6.45) is 3.79. The fourth-order valence-corrected chi connectivity index (χ4v) is 3.36. The van der Waals surface area contributed by atoms with Crippen LogP contribution in [0.3, 0.4) is 0 Å². The van der Waals surface area contributed by atoms with Gasteiger partial charge < -0.3 is 9.64 Å². The van der Waals surface area contributed by atoms with Gasteiger partial charge >= 0.3 is 0 Å². The van der Waals surface area contributed by atoms with Gasteiger partial charge in [-0.15, -0.1) is 0 Å². The lowest BCUT2D eigenvalue weighted by Crippen LogP contribution is -2.46. The lowest BCUT2D eigenvalue weighted by atomic mass is 10.1. The van der Waals surface area contributed by atoms with E-state index in [-0.39, 0.29) is 0 Å². The Hall–Kier alpha value is -2.86. The van der Waals surface area contributed by atoms with Crippen molar-refractivity contribution in [2.45, 2.75) is 6.54 Å². The van der Waals surface area contributed by atoms with E-state index in [0.717, 1.165) is 55.5 Å². The van der Waals surface area contributed by atoms with Crippen LogP contribution in [0.2, 0.25) is 0 Å². The van der Waals surface area contributed by atoms with Crippen molar-refractivity contribution in [3.63, 3.8) is 0 Å². The Morgan fingerprint density at radius 3 is 2.54 bits per heavy atom. The van der Waals surface area contributed by atoms with Crippen LogP contribution < -0.4 is 9.64 Å². The first-order chi connectivity index (χ1) is 12.8. The predicted molar refractivity (Wildman–Crippen MR) is 102 cm³/mol. The van der Waals surface area contributed by atoms with Gasteiger partial charge in [-0.2, -0.15) is 5.10 Å². The number of nitrogens with zero attached hydrogens (tertiary/aromatic N) is 4. The number of nitrogens with one attached hydrogen (secondary N) is 1. The van der Waals surface area contributed by atoms with Crippen molar-refractivity contribution < 1.29 is 4.74 Å². The number of aromatic amines is 1. The summed E-state index contributed by atoms with van der Waals surface area (Å²) in [5.74, 6) is 1.93. The fraction of sp³-hybridized carbons (Fsp3) is 0.300. The topological polar surface area (TPSA) is 57.3 Å². The number of rotatable bonds is 5. The van der Waals surface area contributed by atoms with Crippen LogP contribution in [0.1, 0.15) is 5.56 Å². The van der Waals surface area contributed by atoms with Gasteiger partial charge in [-0.3, -0.25) is 10.00 Å². The molecule has 0 spiro atoms. The first-order valence-electron chi connectivity index (χ1n) is 8.88. The average molecular weight is 349 g/mol. The molecule has 0 saturated carbocycles. The van der Waals surface area contributed by atoms with Crippen LogP contribution in [-0.2, 0) is 6.54 Å². The minimum atomic E-state index is 0.862. The molecule has 3 heterocycles. The molecule has 0 unspecified atom stereocenters. The Kier molecular flexibility index (Phi) is 4.84. The molecule has 6 nitrogen and oxygen atoms in total. The van der Waals surface area contributed by atoms with E-state index < -0.39 is 0 Å². The molecule has 0 atom stereocenters. The second-order valence-electron chi connectivity index (χ2n) is 6.45. The third-order valence-electron chi connectivity index (χ3n) is 4.84. The molecule has 0 bridgehead atoms. The van der Waals surface area contributed by atoms with E-state index in [2.05, 4.69) is 43.2 Å². The van der Waals surface area contributed by atoms with Gasteiger partial charge in [0.25, 0.3) is 0 Å². The monoisotopic (exact) mass is 349 g/mol. The van der Waals surface area contributed by atoms with Gasteiger partial charge in [0.05, 0.1) is 19.0 Å². The van der Waals surface area contributed by atoms with Gasteiger partial charge in [-0.1, -0.05) is 6.07 Å². The Balaban J connectivity index is 1.40. The molecule has 0 radical (unpaired) electrons. The van der Waals surface area contributed by atoms with Gasteiger partial charge in [-0.25, -0.2) is 4.98 Å². The molecule has 6 heteroatoms. The van der Waals surface area contributed by atoms with Crippen molar-refractivity contribution >= 4 is 5.82 Å². The summed E-state index contributed by atoms with van der Waals surface area (Å²) in [7, 11) is 1.68. The van der Waals surface area contributed by atoms with Crippen LogP contribution in [0.15, 0.2) is 54.9 Å². The molecule has 1 N–H and O–H groups in total. The highest BCUT2D eigenvalue weighted by atomic mass is 16.5. The number of aromatic nitrogens is 3. The zero-order valence-electron chi connectivity index (χ0n) is 14.9. The maximum Gasteiger partial charge on any atom is 0.128 e. The lowest BCUT2D eigenvalue weighted by molar-refractivity contribution is 0.249. The van der Waals surface area contributed by atoms with Gasteiger partial charge in [0, 0.05) is 50.0 Å². The van der Waals surface area contributed by atoms with Crippen molar-refractivity contribution in [2.75, 3.05) is 38.2 Å². The Labute approximate surface area is 153 Å². The van der Waals surface area contributed by atoms with Crippen LogP contribution in [0.25, 0.3) is 11.3 Å². The number of H-pyrrole nitrogens is 1. The quantitative estimate of drug-likeness (QED) is 0.768. The summed E-state index contributed by atoms with van der Waals surface area (Å²) >= 11 is 0. The van der Waals surface area contributed by atoms with E-state index >= 15 is 0 Å². The number of benzene rings is 1. The van der Waals surface area contributed by atoms with Gasteiger partial charge in [0.15, 0.2) is 0 Å². The maximum absolute atomic E-state index is 5.24. The second-order valence-corrected chi connectivity index (χ2v) is 6.45. The number of pyridine rings is 1. The van der Waals surface area contributed by atoms with Crippen LogP contribution in [0.5, 0.6) is 5.75 Å². The summed E-state index contributed by atoms with van der Waals surface area (Å²) in [4.78, 5) is 9.27. The molecule has 3 aromatic rings. The van der Waals surface area contributed by atoms with E-state index in [1.54, 1.807) is 7.11 Å². The first kappa shape index (κ1) is 16.6. The zero-order valence-corrected chi connectivity index (χ0v) is 14.9. The summed E-state index contributed by atoms with van der Waals surface area (Å²) < 4.78 is 5.24. The average Bonchev–Trinajstić information content (AvgIpc) is 3.17. The Bertz CT molecular complexity index is 823. The largest absolute Gasteiger partial charge is 0.497 e. The van der Waals surface area contributed by atoms with E-state index in [4.69, 9.17) is 4.74 Å². The number of methoxy groups -OCH3 is 1. The summed E-state index contributed by atoms with van der Waals surface area (Å²) in [6.45, 7) is 4.92. The van der Waals surface area contributed by atoms with Crippen molar-refractivity contribution in [3.05, 3.63) is 60.4 Å². The molecule has 1 fully saturated rings. The molecule has 1 aliphatic rings. The van der Waals surface area contributed by atoms with Crippen molar-refractivity contribution in [1.29, 1.82) is 0 Å². The molecule has 134 valence electrons. The SMILES string of the molecule is COc1ccc(-c2[nH]ncc2CN2CCN(c3ccccn3)CC2)cc1.